The lowest BCUT2D eigenvalue weighted by molar-refractivity contribution is -0.130. The van der Waals surface area contributed by atoms with Gasteiger partial charge < -0.3 is 15.4 Å². The second-order valence-electron chi connectivity index (χ2n) is 10.8. The third-order valence-corrected chi connectivity index (χ3v) is 6.39. The zero-order valence-electron chi connectivity index (χ0n) is 19.3. The van der Waals surface area contributed by atoms with Crippen molar-refractivity contribution in [1.29, 1.82) is 0 Å². The summed E-state index contributed by atoms with van der Waals surface area (Å²) < 4.78 is 1.57. The molecule has 0 aromatic carbocycles. The molecule has 0 saturated heterocycles. The molecule has 0 spiro atoms. The van der Waals surface area contributed by atoms with Gasteiger partial charge in [0.15, 0.2) is 5.65 Å². The molecular formula is C23H36N4O3. The number of aryl methyl sites for hydroxylation is 1. The lowest BCUT2D eigenvalue weighted by atomic mass is 9.68. The van der Waals surface area contributed by atoms with Crippen LogP contribution in [0, 0.1) is 10.8 Å². The lowest BCUT2D eigenvalue weighted by Gasteiger charge is -2.42. The molecule has 1 fully saturated rings. The number of aromatic amines is 1. The number of hydrogen-bond donors (Lipinski definition) is 3. The maximum Gasteiger partial charge on any atom is 0.327 e. The Bertz CT molecular complexity index is 994. The quantitative estimate of drug-likeness (QED) is 0.713. The maximum atomic E-state index is 12.3. The van der Waals surface area contributed by atoms with E-state index in [2.05, 4.69) is 51.0 Å². The first-order valence-corrected chi connectivity index (χ1v) is 10.9. The molecule has 7 nitrogen and oxygen atoms in total. The van der Waals surface area contributed by atoms with Crippen LogP contribution < -0.4 is 11.0 Å². The van der Waals surface area contributed by atoms with Gasteiger partial charge in [-0.25, -0.2) is 9.78 Å². The van der Waals surface area contributed by atoms with Crippen molar-refractivity contribution in [3.05, 3.63) is 27.8 Å². The van der Waals surface area contributed by atoms with Gasteiger partial charge in [0.25, 0.3) is 0 Å². The van der Waals surface area contributed by atoms with E-state index in [4.69, 9.17) is 4.98 Å². The molecule has 0 radical (unpaired) electrons. The Morgan fingerprint density at radius 3 is 2.70 bits per heavy atom. The lowest BCUT2D eigenvalue weighted by Crippen LogP contribution is -2.50. The number of aliphatic hydroxyl groups excluding tert-OH is 1. The van der Waals surface area contributed by atoms with Gasteiger partial charge in [-0.2, -0.15) is 0 Å². The molecule has 0 bridgehead atoms. The first kappa shape index (κ1) is 22.5. The van der Waals surface area contributed by atoms with E-state index in [0.717, 1.165) is 42.5 Å². The highest BCUT2D eigenvalue weighted by Crippen LogP contribution is 2.43. The number of nitrogens with zero attached hydrogens (tertiary/aromatic N) is 2. The van der Waals surface area contributed by atoms with Gasteiger partial charge in [-0.1, -0.05) is 34.6 Å². The van der Waals surface area contributed by atoms with Crippen LogP contribution in [0.4, 0.5) is 0 Å². The number of rotatable bonds is 4. The van der Waals surface area contributed by atoms with Crippen molar-refractivity contribution in [2.45, 2.75) is 85.3 Å². The first-order chi connectivity index (χ1) is 13.8. The van der Waals surface area contributed by atoms with Gasteiger partial charge in [0.1, 0.15) is 6.10 Å². The summed E-state index contributed by atoms with van der Waals surface area (Å²) in [5, 5.41) is 12.7. The number of hydrogen-bond acceptors (Lipinski definition) is 4. The molecule has 166 valence electrons. The number of nitrogens with one attached hydrogen (secondary N) is 2. The van der Waals surface area contributed by atoms with E-state index >= 15 is 0 Å². The van der Waals surface area contributed by atoms with Gasteiger partial charge in [-0.15, -0.1) is 0 Å². The van der Waals surface area contributed by atoms with Gasteiger partial charge in [0.2, 0.25) is 5.91 Å². The van der Waals surface area contributed by atoms with Gasteiger partial charge in [-0.3, -0.25) is 9.36 Å². The molecular weight excluding hydrogens is 380 g/mol. The highest BCUT2D eigenvalue weighted by molar-refractivity contribution is 5.80. The molecule has 3 N–H and O–H groups in total. The third-order valence-electron chi connectivity index (χ3n) is 6.39. The van der Waals surface area contributed by atoms with Crippen LogP contribution >= 0.6 is 0 Å². The second kappa shape index (κ2) is 7.84. The predicted molar refractivity (Wildman–Crippen MR) is 118 cm³/mol. The van der Waals surface area contributed by atoms with E-state index in [1.807, 2.05) is 0 Å². The Labute approximate surface area is 178 Å². The van der Waals surface area contributed by atoms with E-state index in [-0.39, 0.29) is 34.4 Å². The highest BCUT2D eigenvalue weighted by atomic mass is 16.3. The van der Waals surface area contributed by atoms with Crippen molar-refractivity contribution in [2.75, 3.05) is 0 Å². The average Bonchev–Trinajstić information content (AvgIpc) is 2.90. The number of H-pyrrole nitrogens is 1. The van der Waals surface area contributed by atoms with Crippen molar-refractivity contribution in [3.63, 3.8) is 0 Å². The molecule has 1 aliphatic carbocycles. The molecule has 3 rings (SSSR count). The van der Waals surface area contributed by atoms with E-state index in [1.54, 1.807) is 11.6 Å². The molecule has 7 heteroatoms. The summed E-state index contributed by atoms with van der Waals surface area (Å²) in [4.78, 5) is 32.3. The van der Waals surface area contributed by atoms with Crippen LogP contribution in [-0.4, -0.2) is 37.7 Å². The Balaban J connectivity index is 2.00. The summed E-state index contributed by atoms with van der Waals surface area (Å²) in [5.41, 5.74) is 3.44. The summed E-state index contributed by atoms with van der Waals surface area (Å²) in [6.45, 7) is 12.4. The minimum Gasteiger partial charge on any atom is -0.384 e. The van der Waals surface area contributed by atoms with Crippen LogP contribution in [0.5, 0.6) is 0 Å². The molecule has 30 heavy (non-hydrogen) atoms. The number of carbonyl (C=O) groups excluding carboxylic acids is 1. The minimum absolute atomic E-state index is 0.0445. The van der Waals surface area contributed by atoms with E-state index in [1.165, 1.54) is 6.92 Å². The zero-order valence-corrected chi connectivity index (χ0v) is 19.3. The fraction of sp³-hybridized carbons (Fsp3) is 0.696. The molecule has 2 heterocycles. The smallest absolute Gasteiger partial charge is 0.327 e. The standard InChI is InChI=1S/C23H36N4O3/c1-13(28)20(29)25-17-11-14(8-9-23(17,5)6)16-10-15(12-22(2,3)4)18-19(24-16)27(7)21(30)26-18/h10,13-14,17,28H,8-9,11-12H2,1-7H3,(H,25,29)(H,26,30). The molecule has 3 atom stereocenters. The molecule has 0 aliphatic heterocycles. The van der Waals surface area contributed by atoms with Crippen LogP contribution in [-0.2, 0) is 18.3 Å². The van der Waals surface area contributed by atoms with Crippen LogP contribution in [0.15, 0.2) is 10.9 Å². The number of imidazole rings is 1. The normalized spacial score (nSPS) is 22.8. The van der Waals surface area contributed by atoms with Crippen molar-refractivity contribution >= 4 is 17.1 Å². The second-order valence-corrected chi connectivity index (χ2v) is 10.8. The molecule has 2 aromatic rings. The van der Waals surface area contributed by atoms with E-state index in [9.17, 15) is 14.7 Å². The number of amides is 1. The number of carbonyl (C=O) groups is 1. The summed E-state index contributed by atoms with van der Waals surface area (Å²) >= 11 is 0. The molecule has 1 aliphatic rings. The topological polar surface area (TPSA) is 100 Å². The SMILES string of the molecule is CC(O)C(=O)NC1CC(c2cc(CC(C)(C)C)c3[nH]c(=O)n(C)c3n2)CCC1(C)C. The largest absolute Gasteiger partial charge is 0.384 e. The maximum absolute atomic E-state index is 12.3. The van der Waals surface area contributed by atoms with Crippen molar-refractivity contribution < 1.29 is 9.90 Å². The Morgan fingerprint density at radius 2 is 2.10 bits per heavy atom. The van der Waals surface area contributed by atoms with Gasteiger partial charge in [-0.05, 0) is 55.1 Å². The number of pyridine rings is 1. The fourth-order valence-corrected chi connectivity index (χ4v) is 4.45. The zero-order chi connectivity index (χ0) is 22.4. The van der Waals surface area contributed by atoms with Gasteiger partial charge in [0.05, 0.1) is 5.52 Å². The van der Waals surface area contributed by atoms with Crippen molar-refractivity contribution in [1.82, 2.24) is 19.9 Å². The number of aromatic nitrogens is 3. The summed E-state index contributed by atoms with van der Waals surface area (Å²) in [7, 11) is 1.74. The van der Waals surface area contributed by atoms with Crippen LogP contribution in [0.1, 0.15) is 78.0 Å². The van der Waals surface area contributed by atoms with Crippen molar-refractivity contribution in [2.24, 2.45) is 17.9 Å². The van der Waals surface area contributed by atoms with E-state index in [0.29, 0.717) is 5.65 Å². The summed E-state index contributed by atoms with van der Waals surface area (Å²) in [5.74, 6) is -0.149. The van der Waals surface area contributed by atoms with Crippen LogP contribution in [0.2, 0.25) is 0 Å². The minimum atomic E-state index is -1.02. The van der Waals surface area contributed by atoms with Crippen LogP contribution in [0.25, 0.3) is 11.2 Å². The van der Waals surface area contributed by atoms with E-state index < -0.39 is 6.10 Å². The summed E-state index contributed by atoms with van der Waals surface area (Å²) in [6.07, 6.45) is 2.49. The Morgan fingerprint density at radius 1 is 1.43 bits per heavy atom. The van der Waals surface area contributed by atoms with Crippen LogP contribution in [0.3, 0.4) is 0 Å². The van der Waals surface area contributed by atoms with Crippen molar-refractivity contribution in [3.8, 4) is 0 Å². The molecule has 3 unspecified atom stereocenters. The Kier molecular flexibility index (Phi) is 5.89. The highest BCUT2D eigenvalue weighted by Gasteiger charge is 2.39. The average molecular weight is 417 g/mol. The van der Waals surface area contributed by atoms with Gasteiger partial charge in [0, 0.05) is 24.7 Å². The summed E-state index contributed by atoms with van der Waals surface area (Å²) in [6, 6.07) is 2.09. The number of fused-ring (bicyclic) bond motifs is 1. The molecule has 2 aromatic heterocycles. The first-order valence-electron chi connectivity index (χ1n) is 10.9. The molecule has 1 amide bonds. The molecule has 1 saturated carbocycles. The Hall–Kier alpha value is -2.15. The fourth-order valence-electron chi connectivity index (χ4n) is 4.45. The number of aliphatic hydroxyl groups is 1. The van der Waals surface area contributed by atoms with Gasteiger partial charge >= 0.3 is 5.69 Å². The predicted octanol–water partition coefficient (Wildman–Crippen LogP) is 3.01. The third kappa shape index (κ3) is 4.61. The monoisotopic (exact) mass is 416 g/mol.